The Bertz CT molecular complexity index is 2040. The van der Waals surface area contributed by atoms with Gasteiger partial charge in [0, 0.05) is 54.0 Å². The topological polar surface area (TPSA) is 276 Å². The number of benzene rings is 3. The summed E-state index contributed by atoms with van der Waals surface area (Å²) in [6.45, 7) is 2.68. The number of nitrogens with one attached hydrogen (secondary N) is 1. The molecule has 8 rings (SSSR count). The van der Waals surface area contributed by atoms with Crippen LogP contribution < -0.4 is 19.5 Å². The van der Waals surface area contributed by atoms with Gasteiger partial charge in [0.05, 0.1) is 42.0 Å². The summed E-state index contributed by atoms with van der Waals surface area (Å²) in [6, 6.07) is 9.84. The van der Waals surface area contributed by atoms with Crippen LogP contribution in [0.3, 0.4) is 0 Å². The lowest BCUT2D eigenvalue weighted by Gasteiger charge is -2.40. The predicted octanol–water partition coefficient (Wildman–Crippen LogP) is -0.629. The van der Waals surface area contributed by atoms with Gasteiger partial charge in [-0.2, -0.15) is 0 Å². The maximum atomic E-state index is 14.0. The van der Waals surface area contributed by atoms with Crippen molar-refractivity contribution in [3.8, 4) is 23.0 Å². The van der Waals surface area contributed by atoms with Gasteiger partial charge in [0.1, 0.15) is 71.8 Å². The number of aliphatic hydroxyl groups is 8. The van der Waals surface area contributed by atoms with Crippen LogP contribution in [0.1, 0.15) is 43.8 Å². The Hall–Kier alpha value is -3.90. The van der Waals surface area contributed by atoms with Crippen LogP contribution in [0.15, 0.2) is 42.5 Å². The van der Waals surface area contributed by atoms with Crippen molar-refractivity contribution < 1.29 is 83.6 Å². The summed E-state index contributed by atoms with van der Waals surface area (Å²) in [5, 5.41) is 84.8. The number of hydrogen-bond acceptors (Lipinski definition) is 18. The molecule has 1 spiro atoms. The largest absolute Gasteiger partial charge is 0.460 e. The Balaban J connectivity index is 1.15. The van der Waals surface area contributed by atoms with Crippen molar-refractivity contribution in [3.05, 3.63) is 80.3 Å². The van der Waals surface area contributed by atoms with Gasteiger partial charge in [0.25, 0.3) is 5.91 Å². The van der Waals surface area contributed by atoms with Gasteiger partial charge in [-0.25, -0.2) is 4.79 Å². The summed E-state index contributed by atoms with van der Waals surface area (Å²) in [5.74, 6) is -1.62. The van der Waals surface area contributed by atoms with E-state index in [9.17, 15) is 50.4 Å². The number of esters is 1. The first-order chi connectivity index (χ1) is 29.2. The molecule has 0 bridgehead atoms. The van der Waals surface area contributed by atoms with Crippen LogP contribution >= 0.6 is 23.2 Å². The summed E-state index contributed by atoms with van der Waals surface area (Å²) in [4.78, 5) is 29.5. The van der Waals surface area contributed by atoms with Crippen LogP contribution in [0.25, 0.3) is 0 Å². The highest BCUT2D eigenvalue weighted by molar-refractivity contribution is 6.32. The Morgan fingerprint density at radius 1 is 0.754 bits per heavy atom. The molecular weight excluding hydrogens is 851 g/mol. The van der Waals surface area contributed by atoms with E-state index in [4.69, 9.17) is 56.4 Å². The summed E-state index contributed by atoms with van der Waals surface area (Å²) in [6.07, 6.45) is -15.6. The smallest absolute Gasteiger partial charge is 0.340 e. The summed E-state index contributed by atoms with van der Waals surface area (Å²) >= 11 is 13.6. The molecule has 9 N–H and O–H groups in total. The molecule has 11 atom stereocenters. The lowest BCUT2D eigenvalue weighted by atomic mass is 9.77. The SMILES string of the molecule is O=C(NCCCN1CCOCC1)c1ccc2c(c1)C(=O)OC21c2cc(Cl)c(O[C@H]3OC(CO)[C@@H](O)C(O)C3O)cc2Oc2cc(O[C@@H]3OC(CO)[C@H](O)C(O)C3O)c(Cl)cc21. The van der Waals surface area contributed by atoms with Crippen molar-refractivity contribution in [2.24, 2.45) is 0 Å². The van der Waals surface area contributed by atoms with Crippen LogP contribution in [-0.4, -0.2) is 172 Å². The van der Waals surface area contributed by atoms with Crippen LogP contribution in [-0.2, 0) is 24.5 Å². The van der Waals surface area contributed by atoms with E-state index in [2.05, 4.69) is 10.2 Å². The van der Waals surface area contributed by atoms with Gasteiger partial charge in [-0.05, 0) is 37.2 Å². The summed E-state index contributed by atoms with van der Waals surface area (Å²) in [7, 11) is 0. The highest BCUT2D eigenvalue weighted by Gasteiger charge is 2.55. The normalized spacial score (nSPS) is 32.0. The number of ether oxygens (including phenoxy) is 7. The van der Waals surface area contributed by atoms with Crippen LogP contribution in [0, 0.1) is 0 Å². The van der Waals surface area contributed by atoms with Crippen molar-refractivity contribution in [2.75, 3.05) is 52.6 Å². The zero-order valence-electron chi connectivity index (χ0n) is 32.1. The standard InChI is InChI=1S/C40H44Cl2N2O17/c41-22-11-20-24(13-26(22)57-38-34(51)32(49)30(47)28(15-45)59-38)56-25-14-27(58-39-35(52)33(50)31(48)29(16-46)60-39)23(42)12-21(25)40(20)19-3-2-17(10-18(19)37(54)61-40)36(53)43-4-1-5-44-6-8-55-9-7-44/h2-3,10-14,28-35,38-39,45-52H,1,4-9,15-16H2,(H,43,53)/t28?,29?,30-,31+,32?,33?,34?,35?,38+,39-,40?. The van der Waals surface area contributed by atoms with Gasteiger partial charge in [-0.15, -0.1) is 0 Å². The lowest BCUT2D eigenvalue weighted by Crippen LogP contribution is -2.60. The van der Waals surface area contributed by atoms with Gasteiger partial charge in [-0.3, -0.25) is 9.69 Å². The van der Waals surface area contributed by atoms with E-state index in [0.29, 0.717) is 26.2 Å². The third-order valence-electron chi connectivity index (χ3n) is 11.4. The Kier molecular flexibility index (Phi) is 12.7. The van der Waals surface area contributed by atoms with Gasteiger partial charge in [-0.1, -0.05) is 29.3 Å². The number of rotatable bonds is 11. The molecule has 5 aliphatic heterocycles. The molecule has 3 aromatic rings. The molecule has 5 aliphatic rings. The fourth-order valence-electron chi connectivity index (χ4n) is 8.05. The van der Waals surface area contributed by atoms with E-state index in [-0.39, 0.29) is 60.9 Å². The van der Waals surface area contributed by atoms with Crippen LogP contribution in [0.4, 0.5) is 0 Å². The van der Waals surface area contributed by atoms with Gasteiger partial charge in [0.15, 0.2) is 5.60 Å². The van der Waals surface area contributed by atoms with Gasteiger partial charge >= 0.3 is 5.97 Å². The highest BCUT2D eigenvalue weighted by atomic mass is 35.5. The second-order valence-corrected chi connectivity index (χ2v) is 16.0. The molecule has 0 aliphatic carbocycles. The van der Waals surface area contributed by atoms with Crippen molar-refractivity contribution in [1.82, 2.24) is 10.2 Å². The minimum atomic E-state index is -1.85. The Morgan fingerprint density at radius 2 is 1.30 bits per heavy atom. The van der Waals surface area contributed by atoms with Gasteiger partial charge < -0.3 is 79.3 Å². The van der Waals surface area contributed by atoms with E-state index in [1.165, 1.54) is 36.4 Å². The van der Waals surface area contributed by atoms with E-state index in [1.54, 1.807) is 6.07 Å². The van der Waals surface area contributed by atoms with E-state index < -0.39 is 92.1 Å². The zero-order valence-corrected chi connectivity index (χ0v) is 33.6. The average molecular weight is 896 g/mol. The van der Waals surface area contributed by atoms with Crippen LogP contribution in [0.2, 0.25) is 10.0 Å². The molecule has 3 saturated heterocycles. The molecule has 7 unspecified atom stereocenters. The molecule has 3 fully saturated rings. The highest BCUT2D eigenvalue weighted by Crippen LogP contribution is 2.59. The number of nitrogens with zero attached hydrogens (tertiary/aromatic N) is 1. The van der Waals surface area contributed by atoms with Crippen molar-refractivity contribution >= 4 is 35.1 Å². The minimum Gasteiger partial charge on any atom is -0.460 e. The molecule has 0 saturated carbocycles. The maximum Gasteiger partial charge on any atom is 0.340 e. The molecule has 61 heavy (non-hydrogen) atoms. The van der Waals surface area contributed by atoms with Crippen molar-refractivity contribution in [3.63, 3.8) is 0 Å². The number of hydrogen-bond donors (Lipinski definition) is 9. The number of morpholine rings is 1. The third-order valence-corrected chi connectivity index (χ3v) is 12.0. The van der Waals surface area contributed by atoms with Crippen LogP contribution in [0.5, 0.6) is 23.0 Å². The first-order valence-corrected chi connectivity index (χ1v) is 20.3. The quantitative estimate of drug-likeness (QED) is 0.0856. The molecule has 330 valence electrons. The Morgan fingerprint density at radius 3 is 1.82 bits per heavy atom. The van der Waals surface area contributed by atoms with E-state index in [1.807, 2.05) is 0 Å². The molecule has 0 radical (unpaired) electrons. The molecule has 3 aromatic carbocycles. The Labute approximate surface area is 357 Å². The molecule has 5 heterocycles. The van der Waals surface area contributed by atoms with Gasteiger partial charge in [0.2, 0.25) is 12.6 Å². The molecule has 1 amide bonds. The molecular formula is C40H44Cl2N2O17. The average Bonchev–Trinajstić information content (AvgIpc) is 3.55. The van der Waals surface area contributed by atoms with E-state index in [0.717, 1.165) is 19.6 Å². The maximum absolute atomic E-state index is 14.0. The molecule has 0 aromatic heterocycles. The number of fused-ring (bicyclic) bond motifs is 6. The number of aliphatic hydroxyl groups excluding tert-OH is 8. The van der Waals surface area contributed by atoms with Crippen molar-refractivity contribution in [2.45, 2.75) is 73.4 Å². The molecule has 21 heteroatoms. The van der Waals surface area contributed by atoms with E-state index >= 15 is 0 Å². The second kappa shape index (κ2) is 17.7. The third kappa shape index (κ3) is 8.02. The number of carbonyl (C=O) groups excluding carboxylic acids is 2. The lowest BCUT2D eigenvalue weighted by molar-refractivity contribution is -0.277. The fraction of sp³-hybridized carbons (Fsp3) is 0.500. The monoisotopic (exact) mass is 894 g/mol. The first kappa shape index (κ1) is 43.7. The first-order valence-electron chi connectivity index (χ1n) is 19.5. The fourth-order valence-corrected chi connectivity index (χ4v) is 8.47. The predicted molar refractivity (Wildman–Crippen MR) is 208 cm³/mol. The number of halogens is 2. The minimum absolute atomic E-state index is 0.0275. The summed E-state index contributed by atoms with van der Waals surface area (Å²) < 4.78 is 40.8. The number of amides is 1. The number of carbonyl (C=O) groups is 2. The second-order valence-electron chi connectivity index (χ2n) is 15.2. The zero-order chi connectivity index (χ0) is 43.3. The summed E-state index contributed by atoms with van der Waals surface area (Å²) in [5.41, 5.74) is -1.03. The van der Waals surface area contributed by atoms with Crippen molar-refractivity contribution in [1.29, 1.82) is 0 Å². The molecule has 19 nitrogen and oxygen atoms in total.